The van der Waals surface area contributed by atoms with Crippen molar-refractivity contribution in [2.24, 2.45) is 0 Å². The van der Waals surface area contributed by atoms with Crippen LogP contribution in [0.5, 0.6) is 5.75 Å². The SMILES string of the molecule is N#Cc1c(O)c(C(=O)CCC(=O)O)nc2c(-c3ccc(C(F)(F)F)cc3)cccc12. The van der Waals surface area contributed by atoms with Crippen molar-refractivity contribution in [3.8, 4) is 22.9 Å². The number of aromatic nitrogens is 1. The molecule has 152 valence electrons. The van der Waals surface area contributed by atoms with Gasteiger partial charge in [0.15, 0.2) is 11.5 Å². The van der Waals surface area contributed by atoms with E-state index < -0.39 is 47.8 Å². The van der Waals surface area contributed by atoms with Gasteiger partial charge in [0, 0.05) is 17.4 Å². The maximum Gasteiger partial charge on any atom is 0.416 e. The fraction of sp³-hybridized carbons (Fsp3) is 0.143. The summed E-state index contributed by atoms with van der Waals surface area (Å²) in [6, 6.07) is 10.7. The summed E-state index contributed by atoms with van der Waals surface area (Å²) in [5.41, 5.74) is -0.679. The monoisotopic (exact) mass is 414 g/mol. The van der Waals surface area contributed by atoms with E-state index in [4.69, 9.17) is 5.11 Å². The molecule has 1 aromatic heterocycles. The van der Waals surface area contributed by atoms with E-state index in [-0.39, 0.29) is 16.5 Å². The fourth-order valence-electron chi connectivity index (χ4n) is 2.99. The van der Waals surface area contributed by atoms with E-state index >= 15 is 0 Å². The highest BCUT2D eigenvalue weighted by molar-refractivity contribution is 6.05. The number of fused-ring (bicyclic) bond motifs is 1. The number of carboxylic acids is 1. The van der Waals surface area contributed by atoms with Crippen LogP contribution in [0.2, 0.25) is 0 Å². The Labute approximate surface area is 167 Å². The van der Waals surface area contributed by atoms with Crippen molar-refractivity contribution in [2.75, 3.05) is 0 Å². The molecule has 3 rings (SSSR count). The van der Waals surface area contributed by atoms with Gasteiger partial charge in [-0.3, -0.25) is 9.59 Å². The second-order valence-electron chi connectivity index (χ2n) is 6.39. The first-order chi connectivity index (χ1) is 14.1. The summed E-state index contributed by atoms with van der Waals surface area (Å²) in [5, 5.41) is 28.8. The number of ketones is 1. The third-order valence-electron chi connectivity index (χ3n) is 4.46. The molecule has 0 fully saturated rings. The molecular formula is C21H13F3N2O4. The number of para-hydroxylation sites is 1. The molecule has 0 saturated carbocycles. The minimum Gasteiger partial charge on any atom is -0.504 e. The van der Waals surface area contributed by atoms with Crippen LogP contribution in [0.1, 0.15) is 34.5 Å². The van der Waals surface area contributed by atoms with Crippen LogP contribution < -0.4 is 0 Å². The number of nitriles is 1. The second-order valence-corrected chi connectivity index (χ2v) is 6.39. The van der Waals surface area contributed by atoms with E-state index in [2.05, 4.69) is 4.98 Å². The van der Waals surface area contributed by atoms with Crippen LogP contribution in [0.4, 0.5) is 13.2 Å². The number of aromatic hydroxyl groups is 1. The molecule has 6 nitrogen and oxygen atoms in total. The van der Waals surface area contributed by atoms with Crippen molar-refractivity contribution in [3.05, 3.63) is 59.3 Å². The third kappa shape index (κ3) is 3.93. The number of hydrogen-bond acceptors (Lipinski definition) is 5. The zero-order valence-electron chi connectivity index (χ0n) is 15.2. The first kappa shape index (κ1) is 20.8. The Morgan fingerprint density at radius 2 is 1.73 bits per heavy atom. The Bertz CT molecular complexity index is 1200. The van der Waals surface area contributed by atoms with Crippen molar-refractivity contribution < 1.29 is 33.0 Å². The van der Waals surface area contributed by atoms with Gasteiger partial charge in [-0.05, 0) is 17.7 Å². The molecule has 0 amide bonds. The van der Waals surface area contributed by atoms with Crippen LogP contribution in [0, 0.1) is 11.3 Å². The number of benzene rings is 2. The average Bonchev–Trinajstić information content (AvgIpc) is 2.70. The molecule has 3 aromatic rings. The van der Waals surface area contributed by atoms with Crippen molar-refractivity contribution >= 4 is 22.7 Å². The van der Waals surface area contributed by atoms with Gasteiger partial charge < -0.3 is 10.2 Å². The van der Waals surface area contributed by atoms with Gasteiger partial charge in [0.25, 0.3) is 0 Å². The molecule has 30 heavy (non-hydrogen) atoms. The molecular weight excluding hydrogens is 401 g/mol. The van der Waals surface area contributed by atoms with Crippen molar-refractivity contribution in [3.63, 3.8) is 0 Å². The third-order valence-corrected chi connectivity index (χ3v) is 4.46. The molecule has 0 spiro atoms. The maximum absolute atomic E-state index is 12.8. The molecule has 1 heterocycles. The fourth-order valence-corrected chi connectivity index (χ4v) is 2.99. The Morgan fingerprint density at radius 1 is 1.07 bits per heavy atom. The smallest absolute Gasteiger partial charge is 0.416 e. The number of carboxylic acid groups (broad SMARTS) is 1. The molecule has 2 aromatic carbocycles. The second kappa shape index (κ2) is 7.83. The normalized spacial score (nSPS) is 11.3. The summed E-state index contributed by atoms with van der Waals surface area (Å²) >= 11 is 0. The van der Waals surface area contributed by atoms with Crippen LogP contribution in [0.15, 0.2) is 42.5 Å². The predicted molar refractivity (Wildman–Crippen MR) is 99.8 cm³/mol. The quantitative estimate of drug-likeness (QED) is 0.593. The first-order valence-corrected chi connectivity index (χ1v) is 8.62. The highest BCUT2D eigenvalue weighted by Gasteiger charge is 2.30. The minimum absolute atomic E-state index is 0.130. The lowest BCUT2D eigenvalue weighted by molar-refractivity contribution is -0.138. The largest absolute Gasteiger partial charge is 0.504 e. The van der Waals surface area contributed by atoms with Gasteiger partial charge in [-0.2, -0.15) is 18.4 Å². The molecule has 0 aliphatic carbocycles. The Balaban J connectivity index is 2.20. The van der Waals surface area contributed by atoms with E-state index in [1.807, 2.05) is 0 Å². The molecule has 0 aliphatic rings. The number of rotatable bonds is 5. The minimum atomic E-state index is -4.50. The highest BCUT2D eigenvalue weighted by Crippen LogP contribution is 2.36. The van der Waals surface area contributed by atoms with Gasteiger partial charge in [0.05, 0.1) is 17.5 Å². The van der Waals surface area contributed by atoms with Gasteiger partial charge in [-0.25, -0.2) is 4.98 Å². The van der Waals surface area contributed by atoms with Crippen LogP contribution in [-0.4, -0.2) is 26.9 Å². The molecule has 0 unspecified atom stereocenters. The lowest BCUT2D eigenvalue weighted by Gasteiger charge is -2.12. The van der Waals surface area contributed by atoms with Gasteiger partial charge in [0.1, 0.15) is 17.3 Å². The standard InChI is InChI=1S/C21H13F3N2O4/c22-21(23,24)12-6-4-11(5-7-12)13-2-1-3-14-15(10-25)20(30)19(26-18(13)14)16(27)8-9-17(28)29/h1-7,30H,8-9H2,(H,28,29). The summed E-state index contributed by atoms with van der Waals surface area (Å²) in [6.45, 7) is 0. The topological polar surface area (TPSA) is 111 Å². The van der Waals surface area contributed by atoms with Gasteiger partial charge in [-0.1, -0.05) is 30.3 Å². The summed E-state index contributed by atoms with van der Waals surface area (Å²) in [7, 11) is 0. The molecule has 0 radical (unpaired) electrons. The number of pyridine rings is 1. The summed E-state index contributed by atoms with van der Waals surface area (Å²) in [4.78, 5) is 27.2. The van der Waals surface area contributed by atoms with Gasteiger partial charge in [-0.15, -0.1) is 0 Å². The maximum atomic E-state index is 12.8. The number of carbonyl (C=O) groups excluding carboxylic acids is 1. The number of alkyl halides is 3. The molecule has 9 heteroatoms. The van der Waals surface area contributed by atoms with E-state index in [1.54, 1.807) is 18.2 Å². The van der Waals surface area contributed by atoms with E-state index in [1.165, 1.54) is 18.2 Å². The van der Waals surface area contributed by atoms with Crippen LogP contribution in [0.25, 0.3) is 22.0 Å². The summed E-state index contributed by atoms with van der Waals surface area (Å²) < 4.78 is 38.5. The van der Waals surface area contributed by atoms with Crippen molar-refractivity contribution in [1.29, 1.82) is 5.26 Å². The zero-order valence-corrected chi connectivity index (χ0v) is 15.2. The Hall–Kier alpha value is -3.93. The Kier molecular flexibility index (Phi) is 5.43. The number of halogens is 3. The number of hydrogen-bond donors (Lipinski definition) is 2. The van der Waals surface area contributed by atoms with Crippen molar-refractivity contribution in [2.45, 2.75) is 19.0 Å². The van der Waals surface area contributed by atoms with Crippen molar-refractivity contribution in [1.82, 2.24) is 4.98 Å². The number of carbonyl (C=O) groups is 2. The van der Waals surface area contributed by atoms with E-state index in [0.29, 0.717) is 11.1 Å². The van der Waals surface area contributed by atoms with E-state index in [0.717, 1.165) is 12.1 Å². The molecule has 0 atom stereocenters. The summed E-state index contributed by atoms with van der Waals surface area (Å²) in [6.07, 6.45) is -5.42. The van der Waals surface area contributed by atoms with Crippen LogP contribution in [-0.2, 0) is 11.0 Å². The average molecular weight is 414 g/mol. The lowest BCUT2D eigenvalue weighted by Crippen LogP contribution is -2.08. The van der Waals surface area contributed by atoms with E-state index in [9.17, 15) is 33.1 Å². The molecule has 2 N–H and O–H groups in total. The first-order valence-electron chi connectivity index (χ1n) is 8.62. The predicted octanol–water partition coefficient (Wildman–Crippen LogP) is 4.55. The summed E-state index contributed by atoms with van der Waals surface area (Å²) in [5.74, 6) is -2.64. The highest BCUT2D eigenvalue weighted by atomic mass is 19.4. The van der Waals surface area contributed by atoms with Crippen LogP contribution >= 0.6 is 0 Å². The molecule has 0 saturated heterocycles. The Morgan fingerprint density at radius 3 is 2.30 bits per heavy atom. The van der Waals surface area contributed by atoms with Crippen LogP contribution in [0.3, 0.4) is 0 Å². The number of aliphatic carboxylic acids is 1. The number of nitrogens with zero attached hydrogens (tertiary/aromatic N) is 2. The molecule has 0 aliphatic heterocycles. The zero-order chi connectivity index (χ0) is 22.1. The molecule has 0 bridgehead atoms. The lowest BCUT2D eigenvalue weighted by atomic mass is 9.97. The number of Topliss-reactive ketones (excluding diaryl/α,β-unsaturated/α-hetero) is 1. The van der Waals surface area contributed by atoms with Gasteiger partial charge in [0.2, 0.25) is 0 Å². The van der Waals surface area contributed by atoms with Gasteiger partial charge >= 0.3 is 12.1 Å².